The molecule has 0 heterocycles. The van der Waals surface area contributed by atoms with Crippen molar-refractivity contribution in [2.45, 2.75) is 45.1 Å². The Balaban J connectivity index is 3.20. The molecular weight excluding hydrogens is 314 g/mol. The third kappa shape index (κ3) is 4.53. The van der Waals surface area contributed by atoms with Crippen LogP contribution in [-0.4, -0.2) is 33.0 Å². The Morgan fingerprint density at radius 2 is 1.96 bits per heavy atom. The number of rotatable bonds is 7. The van der Waals surface area contributed by atoms with Gasteiger partial charge in [0.2, 0.25) is 10.0 Å². The third-order valence-electron chi connectivity index (χ3n) is 4.20. The van der Waals surface area contributed by atoms with Gasteiger partial charge in [-0.05, 0) is 37.5 Å². The summed E-state index contributed by atoms with van der Waals surface area (Å²) in [6.07, 6.45) is 0. The van der Waals surface area contributed by atoms with E-state index in [9.17, 15) is 13.2 Å². The third-order valence-corrected chi connectivity index (χ3v) is 5.74. The van der Waals surface area contributed by atoms with Gasteiger partial charge in [-0.3, -0.25) is 4.79 Å². The molecule has 7 heteroatoms. The summed E-state index contributed by atoms with van der Waals surface area (Å²) in [5, 5.41) is 2.93. The fourth-order valence-corrected chi connectivity index (χ4v) is 3.11. The number of benzene rings is 1. The number of sulfonamides is 1. The lowest BCUT2D eigenvalue weighted by atomic mass is 9.88. The maximum absolute atomic E-state index is 12.6. The van der Waals surface area contributed by atoms with Crippen LogP contribution in [0.5, 0.6) is 0 Å². The quantitative estimate of drug-likeness (QED) is 0.697. The van der Waals surface area contributed by atoms with Crippen LogP contribution in [0.2, 0.25) is 0 Å². The SMILES string of the molecule is CCNS(=O)(=O)c1ccc(C)c(C(=O)NC(C)(CN)C(C)C)c1. The highest BCUT2D eigenvalue weighted by molar-refractivity contribution is 7.89. The van der Waals surface area contributed by atoms with E-state index in [-0.39, 0.29) is 23.3 Å². The van der Waals surface area contributed by atoms with E-state index >= 15 is 0 Å². The summed E-state index contributed by atoms with van der Waals surface area (Å²) in [6.45, 7) is 9.89. The molecule has 6 nitrogen and oxygen atoms in total. The van der Waals surface area contributed by atoms with Gasteiger partial charge in [-0.15, -0.1) is 0 Å². The van der Waals surface area contributed by atoms with E-state index in [4.69, 9.17) is 5.73 Å². The molecule has 0 fully saturated rings. The summed E-state index contributed by atoms with van der Waals surface area (Å²) in [6, 6.07) is 4.53. The summed E-state index contributed by atoms with van der Waals surface area (Å²) in [4.78, 5) is 12.7. The first-order valence-corrected chi connectivity index (χ1v) is 9.18. The highest BCUT2D eigenvalue weighted by Gasteiger charge is 2.29. The van der Waals surface area contributed by atoms with Gasteiger partial charge in [0.15, 0.2) is 0 Å². The Labute approximate surface area is 138 Å². The van der Waals surface area contributed by atoms with Crippen LogP contribution < -0.4 is 15.8 Å². The van der Waals surface area contributed by atoms with Crippen molar-refractivity contribution < 1.29 is 13.2 Å². The number of nitrogens with two attached hydrogens (primary N) is 1. The van der Waals surface area contributed by atoms with Gasteiger partial charge in [-0.25, -0.2) is 13.1 Å². The van der Waals surface area contributed by atoms with Crippen molar-refractivity contribution in [3.05, 3.63) is 29.3 Å². The minimum absolute atomic E-state index is 0.0779. The molecule has 1 rings (SSSR count). The Morgan fingerprint density at radius 1 is 1.35 bits per heavy atom. The minimum Gasteiger partial charge on any atom is -0.345 e. The average molecular weight is 341 g/mol. The molecule has 0 radical (unpaired) electrons. The van der Waals surface area contributed by atoms with Gasteiger partial charge in [-0.1, -0.05) is 26.8 Å². The predicted molar refractivity (Wildman–Crippen MR) is 91.8 cm³/mol. The molecule has 1 amide bonds. The Kier molecular flexibility index (Phi) is 6.33. The van der Waals surface area contributed by atoms with Gasteiger partial charge in [0, 0.05) is 18.7 Å². The van der Waals surface area contributed by atoms with Gasteiger partial charge >= 0.3 is 0 Å². The summed E-state index contributed by atoms with van der Waals surface area (Å²) in [7, 11) is -3.60. The highest BCUT2D eigenvalue weighted by Crippen LogP contribution is 2.19. The average Bonchev–Trinajstić information content (AvgIpc) is 2.46. The number of carbonyl (C=O) groups excluding carboxylic acids is 1. The molecule has 0 aliphatic carbocycles. The van der Waals surface area contributed by atoms with Gasteiger partial charge in [-0.2, -0.15) is 0 Å². The fourth-order valence-electron chi connectivity index (χ4n) is 2.04. The summed E-state index contributed by atoms with van der Waals surface area (Å²) in [5.74, 6) is -0.178. The summed E-state index contributed by atoms with van der Waals surface area (Å²) >= 11 is 0. The fraction of sp³-hybridized carbons (Fsp3) is 0.562. The largest absolute Gasteiger partial charge is 0.345 e. The second-order valence-corrected chi connectivity index (χ2v) is 7.98. The van der Waals surface area contributed by atoms with Crippen LogP contribution in [0.3, 0.4) is 0 Å². The van der Waals surface area contributed by atoms with E-state index in [1.807, 2.05) is 20.8 Å². The van der Waals surface area contributed by atoms with E-state index in [0.29, 0.717) is 17.7 Å². The zero-order chi connectivity index (χ0) is 17.8. The molecule has 130 valence electrons. The van der Waals surface area contributed by atoms with Gasteiger partial charge in [0.05, 0.1) is 10.4 Å². The van der Waals surface area contributed by atoms with Crippen LogP contribution in [0.15, 0.2) is 23.1 Å². The number of nitrogens with one attached hydrogen (secondary N) is 2. The van der Waals surface area contributed by atoms with Gasteiger partial charge in [0.25, 0.3) is 5.91 Å². The highest BCUT2D eigenvalue weighted by atomic mass is 32.2. The number of hydrogen-bond donors (Lipinski definition) is 3. The zero-order valence-electron chi connectivity index (χ0n) is 14.4. The lowest BCUT2D eigenvalue weighted by Crippen LogP contribution is -2.55. The van der Waals surface area contributed by atoms with Crippen LogP contribution in [0.25, 0.3) is 0 Å². The molecule has 0 aliphatic rings. The molecule has 0 spiro atoms. The molecule has 0 aromatic heterocycles. The van der Waals surface area contributed by atoms with Crippen molar-refractivity contribution in [3.63, 3.8) is 0 Å². The van der Waals surface area contributed by atoms with Gasteiger partial charge in [0.1, 0.15) is 0 Å². The molecular formula is C16H27N3O3S. The smallest absolute Gasteiger partial charge is 0.252 e. The van der Waals surface area contributed by atoms with Crippen molar-refractivity contribution in [3.8, 4) is 0 Å². The molecule has 1 atom stereocenters. The normalized spacial score (nSPS) is 14.6. The Morgan fingerprint density at radius 3 is 2.43 bits per heavy atom. The zero-order valence-corrected chi connectivity index (χ0v) is 15.3. The standard InChI is InChI=1S/C16H27N3O3S/c1-6-18-23(21,22)13-8-7-12(4)14(9-13)15(20)19-16(5,10-17)11(2)3/h7-9,11,18H,6,10,17H2,1-5H3,(H,19,20). The van der Waals surface area contributed by atoms with Crippen molar-refractivity contribution in [1.82, 2.24) is 10.0 Å². The summed E-state index contributed by atoms with van der Waals surface area (Å²) in [5.41, 5.74) is 6.28. The minimum atomic E-state index is -3.60. The van der Waals surface area contributed by atoms with Crippen LogP contribution in [0, 0.1) is 12.8 Å². The second-order valence-electron chi connectivity index (χ2n) is 6.21. The topological polar surface area (TPSA) is 101 Å². The number of carbonyl (C=O) groups is 1. The molecule has 0 bridgehead atoms. The van der Waals surface area contributed by atoms with Crippen molar-refractivity contribution >= 4 is 15.9 Å². The second kappa shape index (κ2) is 7.42. The molecule has 0 saturated carbocycles. The Hall–Kier alpha value is -1.44. The summed E-state index contributed by atoms with van der Waals surface area (Å²) < 4.78 is 26.6. The molecule has 1 unspecified atom stereocenters. The first-order chi connectivity index (χ1) is 10.6. The van der Waals surface area contributed by atoms with E-state index < -0.39 is 15.6 Å². The monoisotopic (exact) mass is 341 g/mol. The van der Waals surface area contributed by atoms with Crippen LogP contribution in [0.4, 0.5) is 0 Å². The van der Waals surface area contributed by atoms with Gasteiger partial charge < -0.3 is 11.1 Å². The number of amides is 1. The lowest BCUT2D eigenvalue weighted by molar-refractivity contribution is 0.0882. The van der Waals surface area contributed by atoms with Crippen LogP contribution in [-0.2, 0) is 10.0 Å². The first-order valence-electron chi connectivity index (χ1n) is 7.70. The molecule has 0 saturated heterocycles. The van der Waals surface area contributed by atoms with E-state index in [1.165, 1.54) is 12.1 Å². The van der Waals surface area contributed by atoms with Crippen molar-refractivity contribution in [2.75, 3.05) is 13.1 Å². The van der Waals surface area contributed by atoms with Crippen LogP contribution in [0.1, 0.15) is 43.6 Å². The molecule has 0 aliphatic heterocycles. The van der Waals surface area contributed by atoms with E-state index in [2.05, 4.69) is 10.0 Å². The van der Waals surface area contributed by atoms with E-state index in [1.54, 1.807) is 19.9 Å². The van der Waals surface area contributed by atoms with Crippen molar-refractivity contribution in [1.29, 1.82) is 0 Å². The first kappa shape index (κ1) is 19.6. The van der Waals surface area contributed by atoms with E-state index in [0.717, 1.165) is 0 Å². The Bertz CT molecular complexity index is 671. The van der Waals surface area contributed by atoms with Crippen molar-refractivity contribution in [2.24, 2.45) is 11.7 Å². The molecule has 4 N–H and O–H groups in total. The number of aryl methyl sites for hydroxylation is 1. The molecule has 23 heavy (non-hydrogen) atoms. The predicted octanol–water partition coefficient (Wildman–Crippen LogP) is 1.40. The maximum Gasteiger partial charge on any atom is 0.252 e. The van der Waals surface area contributed by atoms with Crippen LogP contribution >= 0.6 is 0 Å². The molecule has 1 aromatic rings. The lowest BCUT2D eigenvalue weighted by Gasteiger charge is -2.33. The number of hydrogen-bond acceptors (Lipinski definition) is 4. The maximum atomic E-state index is 12.6. The molecule has 1 aromatic carbocycles.